The fourth-order valence-electron chi connectivity index (χ4n) is 2.00. The predicted octanol–water partition coefficient (Wildman–Crippen LogP) is 5.60. The number of alkyl halides is 3. The van der Waals surface area contributed by atoms with E-state index >= 15 is 0 Å². The Balaban J connectivity index is 1.62. The molecule has 0 saturated carbocycles. The second-order valence-corrected chi connectivity index (χ2v) is 6.02. The number of amides is 2. The van der Waals surface area contributed by atoms with E-state index in [-0.39, 0.29) is 11.6 Å². The lowest BCUT2D eigenvalue weighted by Crippen LogP contribution is -2.18. The van der Waals surface area contributed by atoms with E-state index in [1.807, 2.05) is 11.4 Å². The summed E-state index contributed by atoms with van der Waals surface area (Å²) in [6, 6.07) is 10.6. The Bertz CT molecular complexity index is 881. The zero-order valence-electron chi connectivity index (χ0n) is 13.1. The van der Waals surface area contributed by atoms with Crippen molar-refractivity contribution < 1.29 is 22.7 Å². The van der Waals surface area contributed by atoms with Crippen LogP contribution in [0.4, 0.5) is 28.7 Å². The van der Waals surface area contributed by atoms with Crippen molar-refractivity contribution in [3.63, 3.8) is 0 Å². The monoisotopic (exact) mass is 379 g/mol. The van der Waals surface area contributed by atoms with E-state index in [2.05, 4.69) is 15.6 Å². The first kappa shape index (κ1) is 17.7. The number of halogens is 3. The van der Waals surface area contributed by atoms with Crippen molar-refractivity contribution in [2.24, 2.45) is 0 Å². The van der Waals surface area contributed by atoms with Gasteiger partial charge < -0.3 is 10.1 Å². The van der Waals surface area contributed by atoms with E-state index in [9.17, 15) is 18.0 Å². The van der Waals surface area contributed by atoms with Crippen molar-refractivity contribution in [2.75, 3.05) is 10.6 Å². The summed E-state index contributed by atoms with van der Waals surface area (Å²) in [5.41, 5.74) is -0.394. The molecule has 3 rings (SSSR count). The highest BCUT2D eigenvalue weighted by molar-refractivity contribution is 7.14. The summed E-state index contributed by atoms with van der Waals surface area (Å²) >= 11 is 1.38. The molecule has 5 nitrogen and oxygen atoms in total. The second-order valence-electron chi connectivity index (χ2n) is 5.07. The summed E-state index contributed by atoms with van der Waals surface area (Å²) < 4.78 is 43.4. The van der Waals surface area contributed by atoms with Gasteiger partial charge in [0.1, 0.15) is 5.75 Å². The number of carbonyl (C=O) groups is 1. The molecule has 0 bridgehead atoms. The van der Waals surface area contributed by atoms with Crippen LogP contribution in [0.5, 0.6) is 11.6 Å². The average Bonchev–Trinajstić information content (AvgIpc) is 3.09. The van der Waals surface area contributed by atoms with Crippen LogP contribution < -0.4 is 15.4 Å². The number of urea groups is 1. The Morgan fingerprint density at radius 1 is 1.08 bits per heavy atom. The summed E-state index contributed by atoms with van der Waals surface area (Å²) in [6.45, 7) is 0. The van der Waals surface area contributed by atoms with Crippen LogP contribution in [0.3, 0.4) is 0 Å². The maximum absolute atomic E-state index is 12.7. The minimum Gasteiger partial charge on any atom is -0.439 e. The molecule has 2 aromatic heterocycles. The molecule has 0 fully saturated rings. The molecule has 0 aliphatic rings. The zero-order chi connectivity index (χ0) is 18.6. The highest BCUT2D eigenvalue weighted by Crippen LogP contribution is 2.32. The fourth-order valence-corrected chi connectivity index (χ4v) is 2.61. The lowest BCUT2D eigenvalue weighted by Gasteiger charge is -2.10. The number of hydrogen-bond acceptors (Lipinski definition) is 4. The van der Waals surface area contributed by atoms with Crippen LogP contribution >= 0.6 is 11.3 Å². The smallest absolute Gasteiger partial charge is 0.416 e. The van der Waals surface area contributed by atoms with Crippen LogP contribution in [0, 0.1) is 0 Å². The number of aromatic nitrogens is 1. The normalized spacial score (nSPS) is 11.0. The van der Waals surface area contributed by atoms with Gasteiger partial charge in [0.2, 0.25) is 5.88 Å². The van der Waals surface area contributed by atoms with E-state index in [0.717, 1.165) is 12.1 Å². The lowest BCUT2D eigenvalue weighted by atomic mass is 10.2. The van der Waals surface area contributed by atoms with Crippen LogP contribution in [0.1, 0.15) is 5.56 Å². The molecule has 0 radical (unpaired) electrons. The van der Waals surface area contributed by atoms with E-state index in [1.54, 1.807) is 6.07 Å². The van der Waals surface area contributed by atoms with Crippen LogP contribution in [-0.4, -0.2) is 11.0 Å². The molecular weight excluding hydrogens is 367 g/mol. The van der Waals surface area contributed by atoms with Crippen molar-refractivity contribution in [1.29, 1.82) is 0 Å². The summed E-state index contributed by atoms with van der Waals surface area (Å²) in [6.07, 6.45) is -3.10. The first-order valence-corrected chi connectivity index (χ1v) is 8.21. The number of anilines is 2. The third-order valence-corrected chi connectivity index (χ3v) is 3.92. The maximum Gasteiger partial charge on any atom is 0.416 e. The number of carbonyl (C=O) groups excluding carboxylic acids is 1. The molecule has 134 valence electrons. The van der Waals surface area contributed by atoms with E-state index in [0.29, 0.717) is 10.7 Å². The summed E-state index contributed by atoms with van der Waals surface area (Å²) in [5.74, 6) is 0.122. The third kappa shape index (κ3) is 4.73. The summed E-state index contributed by atoms with van der Waals surface area (Å²) in [7, 11) is 0. The van der Waals surface area contributed by atoms with Crippen molar-refractivity contribution in [3.8, 4) is 11.6 Å². The van der Waals surface area contributed by atoms with E-state index in [1.165, 1.54) is 41.8 Å². The molecule has 1 aromatic carbocycles. The van der Waals surface area contributed by atoms with E-state index in [4.69, 9.17) is 4.74 Å². The quantitative estimate of drug-likeness (QED) is 0.620. The molecule has 2 N–H and O–H groups in total. The number of benzene rings is 1. The average molecular weight is 379 g/mol. The minimum atomic E-state index is -4.45. The molecule has 0 spiro atoms. The zero-order valence-corrected chi connectivity index (χ0v) is 13.9. The number of ether oxygens (including phenoxy) is 1. The highest BCUT2D eigenvalue weighted by atomic mass is 32.1. The topological polar surface area (TPSA) is 63.2 Å². The van der Waals surface area contributed by atoms with Gasteiger partial charge in [0.25, 0.3) is 0 Å². The Morgan fingerprint density at radius 2 is 1.92 bits per heavy atom. The van der Waals surface area contributed by atoms with Crippen LogP contribution in [0.25, 0.3) is 0 Å². The maximum atomic E-state index is 12.7. The molecule has 0 aliphatic heterocycles. The largest absolute Gasteiger partial charge is 0.439 e. The van der Waals surface area contributed by atoms with Crippen molar-refractivity contribution in [1.82, 2.24) is 4.98 Å². The third-order valence-electron chi connectivity index (χ3n) is 3.14. The van der Waals surface area contributed by atoms with Gasteiger partial charge in [-0.05, 0) is 41.8 Å². The molecule has 0 atom stereocenters. The number of nitrogens with one attached hydrogen (secondary N) is 2. The minimum absolute atomic E-state index is 0.0171. The number of hydrogen-bond donors (Lipinski definition) is 2. The van der Waals surface area contributed by atoms with Crippen LogP contribution in [0.2, 0.25) is 0 Å². The number of thiophene rings is 1. The van der Waals surface area contributed by atoms with Gasteiger partial charge in [0, 0.05) is 6.07 Å². The first-order chi connectivity index (χ1) is 12.4. The Kier molecular flexibility index (Phi) is 5.08. The van der Waals surface area contributed by atoms with Crippen molar-refractivity contribution >= 4 is 28.1 Å². The van der Waals surface area contributed by atoms with Gasteiger partial charge in [-0.2, -0.15) is 13.2 Å². The molecule has 3 aromatic rings. The Hall–Kier alpha value is -3.07. The lowest BCUT2D eigenvalue weighted by molar-refractivity contribution is -0.137. The van der Waals surface area contributed by atoms with Gasteiger partial charge in [-0.3, -0.25) is 5.32 Å². The van der Waals surface area contributed by atoms with Crippen LogP contribution in [-0.2, 0) is 6.18 Å². The van der Waals surface area contributed by atoms with Gasteiger partial charge in [-0.25, -0.2) is 9.78 Å². The summed E-state index contributed by atoms with van der Waals surface area (Å²) in [4.78, 5) is 15.8. The molecule has 0 aliphatic carbocycles. The van der Waals surface area contributed by atoms with Crippen molar-refractivity contribution in [2.45, 2.75) is 6.18 Å². The van der Waals surface area contributed by atoms with E-state index < -0.39 is 17.8 Å². The van der Waals surface area contributed by atoms with Gasteiger partial charge in [-0.1, -0.05) is 6.07 Å². The molecule has 0 saturated heterocycles. The van der Waals surface area contributed by atoms with Crippen LogP contribution in [0.15, 0.2) is 60.1 Å². The van der Waals surface area contributed by atoms with Gasteiger partial charge in [0.15, 0.2) is 0 Å². The van der Waals surface area contributed by atoms with Gasteiger partial charge >= 0.3 is 12.2 Å². The molecule has 2 heterocycles. The Morgan fingerprint density at radius 3 is 2.58 bits per heavy atom. The van der Waals surface area contributed by atoms with Gasteiger partial charge in [0.05, 0.1) is 22.4 Å². The second kappa shape index (κ2) is 7.44. The Labute approximate surface area is 150 Å². The van der Waals surface area contributed by atoms with Gasteiger partial charge in [-0.15, -0.1) is 11.3 Å². The molecule has 26 heavy (non-hydrogen) atoms. The fraction of sp³-hybridized carbons (Fsp3) is 0.0588. The van der Waals surface area contributed by atoms with Crippen molar-refractivity contribution in [3.05, 3.63) is 65.7 Å². The summed E-state index contributed by atoms with van der Waals surface area (Å²) in [5, 5.41) is 7.76. The number of nitrogens with zero attached hydrogens (tertiary/aromatic N) is 1. The molecule has 9 heteroatoms. The number of rotatable bonds is 4. The first-order valence-electron chi connectivity index (χ1n) is 7.33. The standard InChI is InChI=1S/C17H12F3N3O2S/c18-17(19,20)11-3-1-4-13(9-11)25-14-7-6-12(10-21-14)22-16(24)23-15-5-2-8-26-15/h1-10H,(H2,22,23,24). The highest BCUT2D eigenvalue weighted by Gasteiger charge is 2.30. The molecule has 2 amide bonds. The molecule has 0 unspecified atom stereocenters. The predicted molar refractivity (Wildman–Crippen MR) is 92.7 cm³/mol. The SMILES string of the molecule is O=C(Nc1ccc(Oc2cccc(C(F)(F)F)c2)nc1)Nc1cccs1. The number of pyridine rings is 1. The molecular formula is C17H12F3N3O2S.